The summed E-state index contributed by atoms with van der Waals surface area (Å²) in [6, 6.07) is -0.171. The summed E-state index contributed by atoms with van der Waals surface area (Å²) in [4.78, 5) is 24.0. The second kappa shape index (κ2) is 8.71. The van der Waals surface area contributed by atoms with Crippen molar-refractivity contribution >= 4 is 12.0 Å². The molecule has 1 atom stereocenters. The number of hydrogen-bond acceptors (Lipinski definition) is 4. The van der Waals surface area contributed by atoms with Crippen LogP contribution in [0.4, 0.5) is 4.79 Å². The van der Waals surface area contributed by atoms with Crippen molar-refractivity contribution in [2.75, 3.05) is 39.5 Å². The molecule has 0 radical (unpaired) electrons. The molecule has 1 saturated heterocycles. The Morgan fingerprint density at radius 1 is 1.53 bits per heavy atom. The van der Waals surface area contributed by atoms with Gasteiger partial charge in [0.15, 0.2) is 0 Å². The third-order valence-corrected chi connectivity index (χ3v) is 2.77. The molecule has 1 aliphatic rings. The van der Waals surface area contributed by atoms with Gasteiger partial charge in [-0.05, 0) is 13.3 Å². The molecule has 2 N–H and O–H groups in total. The van der Waals surface area contributed by atoms with E-state index in [1.807, 2.05) is 6.92 Å². The van der Waals surface area contributed by atoms with Crippen molar-refractivity contribution < 1.29 is 24.2 Å². The molecule has 1 unspecified atom stereocenters. The van der Waals surface area contributed by atoms with Crippen molar-refractivity contribution in [1.29, 1.82) is 0 Å². The number of morpholine rings is 1. The number of rotatable bonds is 7. The second-order valence-corrected chi connectivity index (χ2v) is 4.32. The van der Waals surface area contributed by atoms with E-state index < -0.39 is 12.1 Å². The van der Waals surface area contributed by atoms with E-state index >= 15 is 0 Å². The van der Waals surface area contributed by atoms with Crippen LogP contribution in [0.25, 0.3) is 0 Å². The first-order valence-electron chi connectivity index (χ1n) is 6.57. The Bertz CT molecular complexity index is 298. The summed E-state index contributed by atoms with van der Waals surface area (Å²) in [5.41, 5.74) is 0. The Hall–Kier alpha value is -1.34. The molecule has 0 spiro atoms. The number of carboxylic acid groups (broad SMARTS) is 1. The van der Waals surface area contributed by atoms with Gasteiger partial charge < -0.3 is 24.8 Å². The maximum Gasteiger partial charge on any atom is 0.317 e. The molecule has 0 aliphatic carbocycles. The molecule has 0 aromatic heterocycles. The van der Waals surface area contributed by atoms with Gasteiger partial charge in [-0.15, -0.1) is 0 Å². The molecule has 7 nitrogen and oxygen atoms in total. The van der Waals surface area contributed by atoms with Gasteiger partial charge in [0.2, 0.25) is 0 Å². The monoisotopic (exact) mass is 274 g/mol. The predicted molar refractivity (Wildman–Crippen MR) is 68.1 cm³/mol. The largest absolute Gasteiger partial charge is 0.481 e. The highest BCUT2D eigenvalue weighted by atomic mass is 16.5. The highest BCUT2D eigenvalue weighted by molar-refractivity contribution is 5.74. The number of nitrogens with zero attached hydrogens (tertiary/aromatic N) is 1. The van der Waals surface area contributed by atoms with Crippen LogP contribution < -0.4 is 5.32 Å². The maximum atomic E-state index is 11.8. The number of ether oxygens (including phenoxy) is 2. The quantitative estimate of drug-likeness (QED) is 0.652. The van der Waals surface area contributed by atoms with Crippen LogP contribution in [-0.4, -0.2) is 67.6 Å². The molecule has 0 bridgehead atoms. The van der Waals surface area contributed by atoms with Crippen molar-refractivity contribution in [3.63, 3.8) is 0 Å². The van der Waals surface area contributed by atoms with E-state index in [4.69, 9.17) is 14.6 Å². The van der Waals surface area contributed by atoms with E-state index in [1.165, 1.54) is 0 Å². The molecule has 110 valence electrons. The first-order chi connectivity index (χ1) is 9.13. The summed E-state index contributed by atoms with van der Waals surface area (Å²) in [7, 11) is 0. The van der Waals surface area contributed by atoms with Gasteiger partial charge in [-0.2, -0.15) is 0 Å². The van der Waals surface area contributed by atoms with Crippen LogP contribution >= 0.6 is 0 Å². The van der Waals surface area contributed by atoms with E-state index in [-0.39, 0.29) is 12.5 Å². The molecule has 0 aromatic rings. The minimum Gasteiger partial charge on any atom is -0.481 e. The number of urea groups is 1. The lowest BCUT2D eigenvalue weighted by molar-refractivity contribution is -0.141. The molecule has 19 heavy (non-hydrogen) atoms. The number of carbonyl (C=O) groups is 2. The van der Waals surface area contributed by atoms with Gasteiger partial charge in [0.25, 0.3) is 0 Å². The normalized spacial score (nSPS) is 19.2. The Balaban J connectivity index is 2.22. The SMILES string of the molecule is CCOCCCNC(=O)N1CCOC(CC(=O)O)C1. The van der Waals surface area contributed by atoms with E-state index in [0.717, 1.165) is 6.42 Å². The topological polar surface area (TPSA) is 88.1 Å². The van der Waals surface area contributed by atoms with E-state index in [2.05, 4.69) is 5.32 Å². The molecule has 1 fully saturated rings. The molecule has 7 heteroatoms. The lowest BCUT2D eigenvalue weighted by Gasteiger charge is -2.32. The van der Waals surface area contributed by atoms with Gasteiger partial charge in [-0.3, -0.25) is 4.79 Å². The summed E-state index contributed by atoms with van der Waals surface area (Å²) < 4.78 is 10.5. The molecule has 2 amide bonds. The molecule has 0 aromatic carbocycles. The zero-order valence-electron chi connectivity index (χ0n) is 11.3. The van der Waals surface area contributed by atoms with Crippen LogP contribution in [0.1, 0.15) is 19.8 Å². The Morgan fingerprint density at radius 3 is 3.00 bits per heavy atom. The van der Waals surface area contributed by atoms with Gasteiger partial charge in [-0.1, -0.05) is 0 Å². The lowest BCUT2D eigenvalue weighted by Crippen LogP contribution is -2.50. The van der Waals surface area contributed by atoms with Crippen LogP contribution in [0.15, 0.2) is 0 Å². The summed E-state index contributed by atoms with van der Waals surface area (Å²) in [6.07, 6.45) is 0.275. The van der Waals surface area contributed by atoms with Gasteiger partial charge in [-0.25, -0.2) is 4.79 Å². The zero-order valence-corrected chi connectivity index (χ0v) is 11.3. The number of carboxylic acids is 1. The standard InChI is InChI=1S/C12H22N2O5/c1-2-18-6-3-4-13-12(17)14-5-7-19-10(9-14)8-11(15)16/h10H,2-9H2,1H3,(H,13,17)(H,15,16). The smallest absolute Gasteiger partial charge is 0.317 e. The average Bonchev–Trinajstić information content (AvgIpc) is 2.38. The first-order valence-corrected chi connectivity index (χ1v) is 6.57. The minimum absolute atomic E-state index is 0.0753. The first kappa shape index (κ1) is 15.7. The van der Waals surface area contributed by atoms with Gasteiger partial charge in [0.1, 0.15) is 0 Å². The van der Waals surface area contributed by atoms with Crippen molar-refractivity contribution in [3.8, 4) is 0 Å². The zero-order chi connectivity index (χ0) is 14.1. The maximum absolute atomic E-state index is 11.8. The fraction of sp³-hybridized carbons (Fsp3) is 0.833. The minimum atomic E-state index is -0.913. The van der Waals surface area contributed by atoms with Crippen molar-refractivity contribution in [2.24, 2.45) is 0 Å². The van der Waals surface area contributed by atoms with Crippen LogP contribution in [0.3, 0.4) is 0 Å². The van der Waals surface area contributed by atoms with Crippen LogP contribution in [-0.2, 0) is 14.3 Å². The van der Waals surface area contributed by atoms with Gasteiger partial charge >= 0.3 is 12.0 Å². The van der Waals surface area contributed by atoms with Crippen LogP contribution in [0.5, 0.6) is 0 Å². The van der Waals surface area contributed by atoms with Gasteiger partial charge in [0, 0.05) is 32.8 Å². The molecule has 0 saturated carbocycles. The van der Waals surface area contributed by atoms with Crippen LogP contribution in [0, 0.1) is 0 Å². The fourth-order valence-electron chi connectivity index (χ4n) is 1.85. The van der Waals surface area contributed by atoms with Crippen molar-refractivity contribution in [2.45, 2.75) is 25.9 Å². The summed E-state index contributed by atoms with van der Waals surface area (Å²) >= 11 is 0. The van der Waals surface area contributed by atoms with E-state index in [0.29, 0.717) is 39.5 Å². The van der Waals surface area contributed by atoms with E-state index in [1.54, 1.807) is 4.90 Å². The number of carbonyl (C=O) groups excluding carboxylic acids is 1. The number of amides is 2. The van der Waals surface area contributed by atoms with Crippen molar-refractivity contribution in [3.05, 3.63) is 0 Å². The molecule has 1 rings (SSSR count). The van der Waals surface area contributed by atoms with Gasteiger partial charge in [0.05, 0.1) is 19.1 Å². The number of nitrogens with one attached hydrogen (secondary N) is 1. The molecular formula is C12H22N2O5. The number of aliphatic carboxylic acids is 1. The Morgan fingerprint density at radius 2 is 2.32 bits per heavy atom. The summed E-state index contributed by atoms with van der Waals surface area (Å²) in [5, 5.41) is 11.5. The van der Waals surface area contributed by atoms with Crippen LogP contribution in [0.2, 0.25) is 0 Å². The third-order valence-electron chi connectivity index (χ3n) is 2.77. The average molecular weight is 274 g/mol. The summed E-state index contributed by atoms with van der Waals surface area (Å²) in [5.74, 6) is -0.913. The van der Waals surface area contributed by atoms with Crippen molar-refractivity contribution in [1.82, 2.24) is 10.2 Å². The van der Waals surface area contributed by atoms with E-state index in [9.17, 15) is 9.59 Å². The Kier molecular flexibility index (Phi) is 7.20. The lowest BCUT2D eigenvalue weighted by atomic mass is 10.2. The molecular weight excluding hydrogens is 252 g/mol. The molecule has 1 heterocycles. The second-order valence-electron chi connectivity index (χ2n) is 4.32. The fourth-order valence-corrected chi connectivity index (χ4v) is 1.85. The Labute approximate surface area is 112 Å². The predicted octanol–water partition coefficient (Wildman–Crippen LogP) is 0.298. The highest BCUT2D eigenvalue weighted by Crippen LogP contribution is 2.08. The molecule has 1 aliphatic heterocycles. The summed E-state index contributed by atoms with van der Waals surface area (Å²) in [6.45, 7) is 4.98. The number of hydrogen-bond donors (Lipinski definition) is 2. The third kappa shape index (κ3) is 6.40. The highest BCUT2D eigenvalue weighted by Gasteiger charge is 2.25.